The number of benzene rings is 2. The standard InChI is InChI=1S/C21H18F2N4O4/c1-30-17-6-3-11(7-18(17)31-2)15-9-19-25-20(28)10-16(27(19)26-15)21(29)24-12-4-5-13(22)14(23)8-12/h3-9,16H,10H2,1-2H3,(H,24,29)(H,25,28)/t16-/m0/s1. The van der Waals surface area contributed by atoms with E-state index in [0.29, 0.717) is 28.6 Å². The van der Waals surface area contributed by atoms with Crippen LogP contribution in [0.25, 0.3) is 11.3 Å². The summed E-state index contributed by atoms with van der Waals surface area (Å²) < 4.78 is 38.5. The van der Waals surface area contributed by atoms with Gasteiger partial charge < -0.3 is 20.1 Å². The van der Waals surface area contributed by atoms with E-state index < -0.39 is 23.6 Å². The van der Waals surface area contributed by atoms with Crippen molar-refractivity contribution in [1.29, 1.82) is 0 Å². The molecule has 2 aromatic carbocycles. The van der Waals surface area contributed by atoms with Gasteiger partial charge in [-0.05, 0) is 30.3 Å². The molecule has 2 heterocycles. The third-order valence-corrected chi connectivity index (χ3v) is 4.85. The van der Waals surface area contributed by atoms with Gasteiger partial charge in [-0.15, -0.1) is 0 Å². The summed E-state index contributed by atoms with van der Waals surface area (Å²) in [5.41, 5.74) is 1.26. The monoisotopic (exact) mass is 428 g/mol. The second-order valence-corrected chi connectivity index (χ2v) is 6.82. The van der Waals surface area contributed by atoms with Gasteiger partial charge in [-0.3, -0.25) is 9.59 Å². The Morgan fingerprint density at radius 3 is 2.58 bits per heavy atom. The van der Waals surface area contributed by atoms with E-state index in [2.05, 4.69) is 15.7 Å². The summed E-state index contributed by atoms with van der Waals surface area (Å²) in [7, 11) is 3.04. The minimum Gasteiger partial charge on any atom is -0.493 e. The number of hydrogen-bond donors (Lipinski definition) is 2. The van der Waals surface area contributed by atoms with Gasteiger partial charge in [0.05, 0.1) is 26.3 Å². The maximum absolute atomic E-state index is 13.5. The largest absolute Gasteiger partial charge is 0.493 e. The molecule has 1 atom stereocenters. The fraction of sp³-hybridized carbons (Fsp3) is 0.190. The molecule has 1 aromatic heterocycles. The lowest BCUT2D eigenvalue weighted by Crippen LogP contribution is -2.35. The SMILES string of the molecule is COc1ccc(-c2cc3n(n2)[C@H](C(=O)Nc2ccc(F)c(F)c2)CC(=O)N3)cc1OC. The Kier molecular flexibility index (Phi) is 5.28. The van der Waals surface area contributed by atoms with E-state index in [1.807, 2.05) is 0 Å². The highest BCUT2D eigenvalue weighted by molar-refractivity contribution is 6.01. The molecule has 0 aliphatic carbocycles. The third kappa shape index (κ3) is 3.91. The Morgan fingerprint density at radius 2 is 1.87 bits per heavy atom. The van der Waals surface area contributed by atoms with Crippen molar-refractivity contribution in [3.05, 3.63) is 54.1 Å². The molecule has 0 spiro atoms. The molecule has 0 unspecified atom stereocenters. The minimum absolute atomic E-state index is 0.0729. The van der Waals surface area contributed by atoms with Gasteiger partial charge in [0, 0.05) is 23.4 Å². The second kappa shape index (κ2) is 8.05. The molecule has 2 amide bonds. The lowest BCUT2D eigenvalue weighted by atomic mass is 10.1. The van der Waals surface area contributed by atoms with Crippen molar-refractivity contribution in [2.45, 2.75) is 12.5 Å². The molecule has 8 nitrogen and oxygen atoms in total. The molecule has 3 aromatic rings. The van der Waals surface area contributed by atoms with Crippen LogP contribution in [0.3, 0.4) is 0 Å². The quantitative estimate of drug-likeness (QED) is 0.650. The van der Waals surface area contributed by atoms with E-state index in [1.54, 1.807) is 24.3 Å². The number of anilines is 2. The average molecular weight is 428 g/mol. The molecule has 4 rings (SSSR count). The fourth-order valence-corrected chi connectivity index (χ4v) is 3.32. The van der Waals surface area contributed by atoms with Gasteiger partial charge in [-0.25, -0.2) is 13.5 Å². The van der Waals surface area contributed by atoms with E-state index in [1.165, 1.54) is 25.0 Å². The highest BCUT2D eigenvalue weighted by Gasteiger charge is 2.32. The first kappa shape index (κ1) is 20.3. The van der Waals surface area contributed by atoms with Gasteiger partial charge in [0.1, 0.15) is 11.9 Å². The first-order valence-electron chi connectivity index (χ1n) is 9.27. The van der Waals surface area contributed by atoms with Crippen molar-refractivity contribution in [1.82, 2.24) is 9.78 Å². The van der Waals surface area contributed by atoms with E-state index in [0.717, 1.165) is 12.1 Å². The Labute approximate surface area is 175 Å². The molecular formula is C21H18F2N4O4. The number of fused-ring (bicyclic) bond motifs is 1. The van der Waals surface area contributed by atoms with Crippen LogP contribution in [0, 0.1) is 11.6 Å². The summed E-state index contributed by atoms with van der Waals surface area (Å²) in [4.78, 5) is 24.9. The molecule has 0 radical (unpaired) electrons. The first-order chi connectivity index (χ1) is 14.9. The molecule has 0 bridgehead atoms. The third-order valence-electron chi connectivity index (χ3n) is 4.85. The highest BCUT2D eigenvalue weighted by Crippen LogP contribution is 2.35. The number of hydrogen-bond acceptors (Lipinski definition) is 5. The number of nitrogens with one attached hydrogen (secondary N) is 2. The smallest absolute Gasteiger partial charge is 0.249 e. The van der Waals surface area contributed by atoms with Crippen LogP contribution in [-0.2, 0) is 9.59 Å². The predicted octanol–water partition coefficient (Wildman–Crippen LogP) is 3.37. The van der Waals surface area contributed by atoms with Crippen molar-refractivity contribution >= 4 is 23.3 Å². The number of halogens is 2. The zero-order valence-corrected chi connectivity index (χ0v) is 16.6. The lowest BCUT2D eigenvalue weighted by molar-refractivity contribution is -0.125. The second-order valence-electron chi connectivity index (χ2n) is 6.82. The van der Waals surface area contributed by atoms with Crippen molar-refractivity contribution in [3.8, 4) is 22.8 Å². The fourth-order valence-electron chi connectivity index (χ4n) is 3.32. The van der Waals surface area contributed by atoms with Crippen LogP contribution in [0.15, 0.2) is 42.5 Å². The lowest BCUT2D eigenvalue weighted by Gasteiger charge is -2.23. The molecule has 10 heteroatoms. The molecule has 0 saturated carbocycles. The van der Waals surface area contributed by atoms with Gasteiger partial charge in [0.15, 0.2) is 23.1 Å². The van der Waals surface area contributed by atoms with Crippen molar-refractivity contribution < 1.29 is 27.8 Å². The van der Waals surface area contributed by atoms with Crippen LogP contribution in [0.2, 0.25) is 0 Å². The van der Waals surface area contributed by atoms with Crippen molar-refractivity contribution in [3.63, 3.8) is 0 Å². The van der Waals surface area contributed by atoms with Crippen LogP contribution < -0.4 is 20.1 Å². The Hall–Kier alpha value is -3.95. The van der Waals surface area contributed by atoms with Crippen molar-refractivity contribution in [2.24, 2.45) is 0 Å². The predicted molar refractivity (Wildman–Crippen MR) is 108 cm³/mol. The van der Waals surface area contributed by atoms with Crippen LogP contribution >= 0.6 is 0 Å². The van der Waals surface area contributed by atoms with E-state index in [-0.39, 0.29) is 18.0 Å². The molecular weight excluding hydrogens is 410 g/mol. The van der Waals surface area contributed by atoms with Crippen LogP contribution in [0.5, 0.6) is 11.5 Å². The summed E-state index contributed by atoms with van der Waals surface area (Å²) in [5, 5.41) is 9.66. The van der Waals surface area contributed by atoms with E-state index >= 15 is 0 Å². The molecule has 0 fully saturated rings. The van der Waals surface area contributed by atoms with E-state index in [9.17, 15) is 18.4 Å². The number of rotatable bonds is 5. The molecule has 2 N–H and O–H groups in total. The zero-order valence-electron chi connectivity index (χ0n) is 16.6. The maximum Gasteiger partial charge on any atom is 0.249 e. The Balaban J connectivity index is 1.65. The van der Waals surface area contributed by atoms with Crippen LogP contribution in [-0.4, -0.2) is 35.8 Å². The molecule has 0 saturated heterocycles. The molecule has 160 valence electrons. The van der Waals surface area contributed by atoms with Gasteiger partial charge in [0.25, 0.3) is 0 Å². The topological polar surface area (TPSA) is 94.5 Å². The number of methoxy groups -OCH3 is 2. The number of carbonyl (C=O) groups is 2. The average Bonchev–Trinajstić information content (AvgIpc) is 3.19. The van der Waals surface area contributed by atoms with Gasteiger partial charge in [-0.1, -0.05) is 0 Å². The molecule has 1 aliphatic heterocycles. The Bertz CT molecular complexity index is 1180. The van der Waals surface area contributed by atoms with Gasteiger partial charge >= 0.3 is 0 Å². The molecule has 1 aliphatic rings. The first-order valence-corrected chi connectivity index (χ1v) is 9.27. The summed E-state index contributed by atoms with van der Waals surface area (Å²) in [6.45, 7) is 0. The normalized spacial score (nSPS) is 15.1. The van der Waals surface area contributed by atoms with Crippen LogP contribution in [0.1, 0.15) is 12.5 Å². The summed E-state index contributed by atoms with van der Waals surface area (Å²) >= 11 is 0. The number of carbonyl (C=O) groups excluding carboxylic acids is 2. The minimum atomic E-state index is -1.09. The number of amides is 2. The number of nitrogens with zero attached hydrogens (tertiary/aromatic N) is 2. The zero-order chi connectivity index (χ0) is 22.1. The highest BCUT2D eigenvalue weighted by atomic mass is 19.2. The van der Waals surface area contributed by atoms with Gasteiger partial charge in [-0.2, -0.15) is 5.10 Å². The van der Waals surface area contributed by atoms with Crippen molar-refractivity contribution in [2.75, 3.05) is 24.9 Å². The summed E-state index contributed by atoms with van der Waals surface area (Å²) in [6.07, 6.45) is -0.157. The van der Waals surface area contributed by atoms with Crippen LogP contribution in [0.4, 0.5) is 20.3 Å². The number of aromatic nitrogens is 2. The van der Waals surface area contributed by atoms with E-state index in [4.69, 9.17) is 9.47 Å². The summed E-state index contributed by atoms with van der Waals surface area (Å²) in [6, 6.07) is 8.90. The Morgan fingerprint density at radius 1 is 1.10 bits per heavy atom. The van der Waals surface area contributed by atoms with Gasteiger partial charge in [0.2, 0.25) is 11.8 Å². The molecule has 31 heavy (non-hydrogen) atoms. The maximum atomic E-state index is 13.5. The number of ether oxygens (including phenoxy) is 2. The summed E-state index contributed by atoms with van der Waals surface area (Å²) in [5.74, 6) is -1.67.